The minimum atomic E-state index is 0.396. The number of rotatable bonds is 2. The molecule has 0 atom stereocenters. The van der Waals surface area contributed by atoms with E-state index in [1.165, 1.54) is 11.1 Å². The van der Waals surface area contributed by atoms with Crippen molar-refractivity contribution in [3.05, 3.63) is 63.7 Å². The summed E-state index contributed by atoms with van der Waals surface area (Å²) in [6, 6.07) is 10.1. The van der Waals surface area contributed by atoms with Gasteiger partial charge in [-0.05, 0) is 55.5 Å². The van der Waals surface area contributed by atoms with Crippen molar-refractivity contribution in [2.45, 2.75) is 55.4 Å². The van der Waals surface area contributed by atoms with Gasteiger partial charge in [0.15, 0.2) is 0 Å². The summed E-state index contributed by atoms with van der Waals surface area (Å²) in [7, 11) is 0. The van der Waals surface area contributed by atoms with Crippen LogP contribution in [0, 0.1) is 27.7 Å². The van der Waals surface area contributed by atoms with Crippen LogP contribution < -0.4 is 0 Å². The molecule has 0 aliphatic heterocycles. The summed E-state index contributed by atoms with van der Waals surface area (Å²) < 4.78 is 0. The Morgan fingerprint density at radius 1 is 0.652 bits per heavy atom. The summed E-state index contributed by atoms with van der Waals surface area (Å²) in [6.07, 6.45) is 4.04. The van der Waals surface area contributed by atoms with E-state index >= 15 is 0 Å². The van der Waals surface area contributed by atoms with Gasteiger partial charge in [-0.15, -0.1) is 0 Å². The monoisotopic (exact) mass is 312 g/mol. The number of aromatic hydroxyl groups is 1. The summed E-state index contributed by atoms with van der Waals surface area (Å²) in [5.74, 6) is 0.396. The van der Waals surface area contributed by atoms with Gasteiger partial charge in [-0.1, -0.05) is 70.2 Å². The van der Waals surface area contributed by atoms with Crippen molar-refractivity contribution in [3.63, 3.8) is 0 Å². The van der Waals surface area contributed by atoms with Crippen molar-refractivity contribution >= 4 is 12.2 Å². The molecule has 0 aliphatic carbocycles. The summed E-state index contributed by atoms with van der Waals surface area (Å²) in [5.41, 5.74) is 6.60. The molecule has 0 bridgehead atoms. The molecule has 0 spiro atoms. The zero-order valence-corrected chi connectivity index (χ0v) is 16.0. The third-order valence-corrected chi connectivity index (χ3v) is 3.94. The number of benzene rings is 2. The molecule has 0 heterocycles. The van der Waals surface area contributed by atoms with Crippen molar-refractivity contribution in [1.82, 2.24) is 0 Å². The molecule has 2 aromatic rings. The first kappa shape index (κ1) is 21.0. The van der Waals surface area contributed by atoms with Gasteiger partial charge in [0.1, 0.15) is 5.75 Å². The highest BCUT2D eigenvalue weighted by Crippen LogP contribution is 2.33. The second-order valence-corrected chi connectivity index (χ2v) is 5.01. The van der Waals surface area contributed by atoms with Gasteiger partial charge < -0.3 is 5.11 Å². The van der Waals surface area contributed by atoms with Crippen LogP contribution in [0.1, 0.15) is 61.1 Å². The zero-order chi connectivity index (χ0) is 18.0. The Hall–Kier alpha value is -2.02. The summed E-state index contributed by atoms with van der Waals surface area (Å²) >= 11 is 0. The second-order valence-electron chi connectivity index (χ2n) is 5.01. The van der Waals surface area contributed by atoms with Crippen LogP contribution >= 0.6 is 0 Å². The highest BCUT2D eigenvalue weighted by molar-refractivity contribution is 5.76. The molecule has 126 valence electrons. The number of hydrogen-bond donors (Lipinski definition) is 1. The van der Waals surface area contributed by atoms with E-state index in [0.717, 1.165) is 22.3 Å². The Bertz CT molecular complexity index is 593. The third-order valence-electron chi connectivity index (χ3n) is 3.94. The lowest BCUT2D eigenvalue weighted by atomic mass is 9.93. The van der Waals surface area contributed by atoms with Crippen LogP contribution in [0.2, 0.25) is 0 Å². The van der Waals surface area contributed by atoms with Crippen LogP contribution in [0.15, 0.2) is 30.3 Å². The van der Waals surface area contributed by atoms with Gasteiger partial charge in [0.2, 0.25) is 0 Å². The third kappa shape index (κ3) is 5.28. The summed E-state index contributed by atoms with van der Waals surface area (Å²) in [5, 5.41) is 10.3. The van der Waals surface area contributed by atoms with Crippen molar-refractivity contribution in [2.75, 3.05) is 0 Å². The van der Waals surface area contributed by atoms with Crippen LogP contribution in [-0.2, 0) is 0 Å². The van der Waals surface area contributed by atoms with E-state index in [1.54, 1.807) is 0 Å². The van der Waals surface area contributed by atoms with Gasteiger partial charge >= 0.3 is 0 Å². The van der Waals surface area contributed by atoms with Gasteiger partial charge in [0.05, 0.1) is 0 Å². The molecule has 2 rings (SSSR count). The van der Waals surface area contributed by atoms with E-state index in [0.29, 0.717) is 5.75 Å². The van der Waals surface area contributed by atoms with Crippen LogP contribution in [-0.4, -0.2) is 5.11 Å². The SMILES string of the molecule is CC.CC.Cc1c(C)c(C)c(/C=C/c2ccccc2)c(O)c1C. The van der Waals surface area contributed by atoms with Crippen LogP contribution in [0.4, 0.5) is 0 Å². The summed E-state index contributed by atoms with van der Waals surface area (Å²) in [4.78, 5) is 0. The molecule has 0 saturated heterocycles. The van der Waals surface area contributed by atoms with E-state index in [4.69, 9.17) is 0 Å². The van der Waals surface area contributed by atoms with E-state index in [1.807, 2.05) is 65.0 Å². The molecular weight excluding hydrogens is 280 g/mol. The van der Waals surface area contributed by atoms with Crippen molar-refractivity contribution in [1.29, 1.82) is 0 Å². The number of hydrogen-bond acceptors (Lipinski definition) is 1. The molecule has 1 N–H and O–H groups in total. The molecule has 0 unspecified atom stereocenters. The summed E-state index contributed by atoms with van der Waals surface area (Å²) in [6.45, 7) is 16.2. The van der Waals surface area contributed by atoms with E-state index in [2.05, 4.69) is 32.9 Å². The topological polar surface area (TPSA) is 20.2 Å². The van der Waals surface area contributed by atoms with E-state index < -0.39 is 0 Å². The Morgan fingerprint density at radius 2 is 1.13 bits per heavy atom. The maximum Gasteiger partial charge on any atom is 0.126 e. The van der Waals surface area contributed by atoms with Gasteiger partial charge in [-0.2, -0.15) is 0 Å². The smallest absolute Gasteiger partial charge is 0.126 e. The lowest BCUT2D eigenvalue weighted by molar-refractivity contribution is 0.468. The Balaban J connectivity index is 0.00000112. The van der Waals surface area contributed by atoms with Crippen LogP contribution in [0.5, 0.6) is 5.75 Å². The molecule has 23 heavy (non-hydrogen) atoms. The Kier molecular flexibility index (Phi) is 9.73. The molecule has 0 saturated carbocycles. The predicted molar refractivity (Wildman–Crippen MR) is 105 cm³/mol. The highest BCUT2D eigenvalue weighted by Gasteiger charge is 2.12. The molecule has 0 aromatic heterocycles. The second kappa shape index (κ2) is 10.7. The van der Waals surface area contributed by atoms with E-state index in [-0.39, 0.29) is 0 Å². The first-order valence-corrected chi connectivity index (χ1v) is 8.54. The molecule has 0 radical (unpaired) electrons. The van der Waals surface area contributed by atoms with Crippen molar-refractivity contribution in [2.24, 2.45) is 0 Å². The number of phenols is 1. The van der Waals surface area contributed by atoms with Gasteiger partial charge in [0.25, 0.3) is 0 Å². The van der Waals surface area contributed by atoms with Crippen molar-refractivity contribution in [3.8, 4) is 5.75 Å². The largest absolute Gasteiger partial charge is 0.507 e. The molecule has 0 aliphatic rings. The minimum Gasteiger partial charge on any atom is -0.507 e. The lowest BCUT2D eigenvalue weighted by Crippen LogP contribution is -1.95. The first-order chi connectivity index (χ1) is 11.0. The van der Waals surface area contributed by atoms with Gasteiger partial charge in [0, 0.05) is 5.56 Å². The van der Waals surface area contributed by atoms with Crippen molar-refractivity contribution < 1.29 is 5.11 Å². The molecule has 1 nitrogen and oxygen atoms in total. The normalized spacial score (nSPS) is 9.74. The first-order valence-electron chi connectivity index (χ1n) is 8.54. The number of phenolic OH excluding ortho intramolecular Hbond substituents is 1. The maximum atomic E-state index is 10.3. The highest BCUT2D eigenvalue weighted by atomic mass is 16.3. The molecule has 0 amide bonds. The van der Waals surface area contributed by atoms with Gasteiger partial charge in [-0.25, -0.2) is 0 Å². The Labute approximate surface area is 142 Å². The maximum absolute atomic E-state index is 10.3. The quantitative estimate of drug-likeness (QED) is 0.601. The average Bonchev–Trinajstić information content (AvgIpc) is 2.62. The molecule has 1 heteroatoms. The van der Waals surface area contributed by atoms with Crippen LogP contribution in [0.3, 0.4) is 0 Å². The Morgan fingerprint density at radius 3 is 1.65 bits per heavy atom. The van der Waals surface area contributed by atoms with E-state index in [9.17, 15) is 5.11 Å². The predicted octanol–water partition coefficient (Wildman–Crippen LogP) is 6.85. The van der Waals surface area contributed by atoms with Gasteiger partial charge in [-0.3, -0.25) is 0 Å². The average molecular weight is 312 g/mol. The lowest BCUT2D eigenvalue weighted by Gasteiger charge is -2.14. The fourth-order valence-corrected chi connectivity index (χ4v) is 2.27. The zero-order valence-electron chi connectivity index (χ0n) is 16.0. The minimum absolute atomic E-state index is 0.396. The molecule has 2 aromatic carbocycles. The fourth-order valence-electron chi connectivity index (χ4n) is 2.27. The molecule has 0 fully saturated rings. The van der Waals surface area contributed by atoms with Crippen LogP contribution in [0.25, 0.3) is 12.2 Å². The fraction of sp³-hybridized carbons (Fsp3) is 0.364. The molecular formula is C22H32O. The standard InChI is InChI=1S/C18H20O.2C2H6/c1-12-13(2)15(4)18(19)17(14(12)3)11-10-16-8-6-5-7-9-16;2*1-2/h5-11,19H,1-4H3;2*1-2H3/b11-10+;;.